The Morgan fingerprint density at radius 2 is 2.12 bits per heavy atom. The van der Waals surface area contributed by atoms with Gasteiger partial charge in [-0.2, -0.15) is 0 Å². The number of nitro groups is 1. The van der Waals surface area contributed by atoms with Crippen molar-refractivity contribution in [2.45, 2.75) is 6.92 Å². The van der Waals surface area contributed by atoms with Crippen LogP contribution in [0, 0.1) is 17.0 Å². The zero-order valence-corrected chi connectivity index (χ0v) is 9.04. The average Bonchev–Trinajstić information content (AvgIpc) is 2.15. The van der Waals surface area contributed by atoms with Gasteiger partial charge in [-0.1, -0.05) is 11.6 Å². The first-order valence-electron chi connectivity index (χ1n) is 4.47. The van der Waals surface area contributed by atoms with Crippen LogP contribution in [0.5, 0.6) is 0 Å². The average molecular weight is 239 g/mol. The number of benzene rings is 1. The molecule has 0 amide bonds. The maximum absolute atomic E-state index is 11.8. The van der Waals surface area contributed by atoms with Crippen LogP contribution in [0.15, 0.2) is 23.0 Å². The second kappa shape index (κ2) is 3.61. The summed E-state index contributed by atoms with van der Waals surface area (Å²) < 4.78 is 0. The predicted octanol–water partition coefficient (Wildman–Crippen LogP) is 2.40. The maximum Gasteiger partial charge on any atom is 0.335 e. The highest BCUT2D eigenvalue weighted by molar-refractivity contribution is 6.31. The van der Waals surface area contributed by atoms with Gasteiger partial charge in [-0.05, 0) is 25.1 Å². The van der Waals surface area contributed by atoms with Crippen molar-refractivity contribution in [2.24, 2.45) is 0 Å². The lowest BCUT2D eigenvalue weighted by Gasteiger charge is -2.01. The van der Waals surface area contributed by atoms with Crippen LogP contribution in [-0.2, 0) is 0 Å². The van der Waals surface area contributed by atoms with Crippen LogP contribution in [0.25, 0.3) is 10.9 Å². The minimum Gasteiger partial charge on any atom is -0.353 e. The molecule has 6 heteroatoms. The Morgan fingerprint density at radius 3 is 2.75 bits per heavy atom. The molecule has 1 aromatic carbocycles. The summed E-state index contributed by atoms with van der Waals surface area (Å²) in [6.45, 7) is 1.49. The van der Waals surface area contributed by atoms with Crippen molar-refractivity contribution in [3.8, 4) is 0 Å². The van der Waals surface area contributed by atoms with Crippen molar-refractivity contribution in [1.29, 1.82) is 0 Å². The van der Waals surface area contributed by atoms with E-state index in [1.54, 1.807) is 6.07 Å². The second-order valence-electron chi connectivity index (χ2n) is 3.37. The van der Waals surface area contributed by atoms with Crippen LogP contribution in [-0.4, -0.2) is 9.91 Å². The molecule has 0 atom stereocenters. The van der Waals surface area contributed by atoms with E-state index in [1.807, 2.05) is 0 Å². The van der Waals surface area contributed by atoms with E-state index in [4.69, 9.17) is 11.6 Å². The number of hydrogen-bond acceptors (Lipinski definition) is 3. The quantitative estimate of drug-likeness (QED) is 0.612. The minimum absolute atomic E-state index is 0.227. The lowest BCUT2D eigenvalue weighted by molar-refractivity contribution is -0.386. The minimum atomic E-state index is -0.678. The van der Waals surface area contributed by atoms with Crippen molar-refractivity contribution in [3.05, 3.63) is 49.3 Å². The van der Waals surface area contributed by atoms with Crippen LogP contribution in [0.2, 0.25) is 5.02 Å². The monoisotopic (exact) mass is 238 g/mol. The number of aryl methyl sites for hydroxylation is 1. The van der Waals surface area contributed by atoms with Crippen LogP contribution < -0.4 is 5.43 Å². The van der Waals surface area contributed by atoms with Gasteiger partial charge in [0, 0.05) is 5.02 Å². The summed E-state index contributed by atoms with van der Waals surface area (Å²) in [6, 6.07) is 4.57. The second-order valence-corrected chi connectivity index (χ2v) is 3.81. The third kappa shape index (κ3) is 1.55. The molecule has 0 fully saturated rings. The standard InChI is InChI=1S/C10H7ClN2O3/c1-5-9(13(15)16)10(14)7-3-2-6(11)4-8(7)12-5/h2-4H,1H3,(H,12,14). The van der Waals surface area contributed by atoms with E-state index in [1.165, 1.54) is 19.1 Å². The summed E-state index contributed by atoms with van der Waals surface area (Å²) in [5.41, 5.74) is -0.284. The van der Waals surface area contributed by atoms with E-state index >= 15 is 0 Å². The fourth-order valence-electron chi connectivity index (χ4n) is 1.60. The molecule has 0 unspecified atom stereocenters. The van der Waals surface area contributed by atoms with Crippen molar-refractivity contribution < 1.29 is 4.92 Å². The van der Waals surface area contributed by atoms with Crippen molar-refractivity contribution in [1.82, 2.24) is 4.98 Å². The smallest absolute Gasteiger partial charge is 0.335 e. The van der Waals surface area contributed by atoms with E-state index in [2.05, 4.69) is 4.98 Å². The number of aromatic nitrogens is 1. The Balaban J connectivity index is 2.95. The Hall–Kier alpha value is -1.88. The largest absolute Gasteiger partial charge is 0.353 e. The van der Waals surface area contributed by atoms with Gasteiger partial charge in [0.25, 0.3) is 5.43 Å². The Bertz CT molecular complexity index is 648. The number of hydrogen-bond donors (Lipinski definition) is 1. The summed E-state index contributed by atoms with van der Waals surface area (Å²) in [4.78, 5) is 24.6. The highest BCUT2D eigenvalue weighted by Crippen LogP contribution is 2.19. The molecule has 1 aromatic heterocycles. The van der Waals surface area contributed by atoms with Crippen molar-refractivity contribution >= 4 is 28.2 Å². The first kappa shape index (κ1) is 10.6. The Labute approximate surface area is 94.8 Å². The van der Waals surface area contributed by atoms with Gasteiger partial charge in [0.1, 0.15) is 0 Å². The summed E-state index contributed by atoms with van der Waals surface area (Å²) in [7, 11) is 0. The zero-order chi connectivity index (χ0) is 11.9. The zero-order valence-electron chi connectivity index (χ0n) is 8.28. The molecule has 0 aliphatic carbocycles. The number of fused-ring (bicyclic) bond motifs is 1. The van der Waals surface area contributed by atoms with Crippen LogP contribution in [0.1, 0.15) is 5.69 Å². The SMILES string of the molecule is Cc1[nH]c2cc(Cl)ccc2c(=O)c1[N+](=O)[O-]. The molecular weight excluding hydrogens is 232 g/mol. The molecule has 0 aliphatic heterocycles. The van der Waals surface area contributed by atoms with Crippen LogP contribution >= 0.6 is 11.6 Å². The Morgan fingerprint density at radius 1 is 1.44 bits per heavy atom. The van der Waals surface area contributed by atoms with Gasteiger partial charge < -0.3 is 4.98 Å². The molecule has 1 N–H and O–H groups in total. The van der Waals surface area contributed by atoms with E-state index in [-0.39, 0.29) is 11.1 Å². The first-order valence-corrected chi connectivity index (χ1v) is 4.85. The number of nitrogens with one attached hydrogen (secondary N) is 1. The number of halogens is 1. The Kier molecular flexibility index (Phi) is 2.40. The van der Waals surface area contributed by atoms with E-state index in [9.17, 15) is 14.9 Å². The van der Waals surface area contributed by atoms with Gasteiger partial charge in [-0.25, -0.2) is 0 Å². The molecule has 1 heterocycles. The summed E-state index contributed by atoms with van der Waals surface area (Å²) in [6.07, 6.45) is 0. The fourth-order valence-corrected chi connectivity index (χ4v) is 1.77. The molecular formula is C10H7ClN2O3. The molecule has 0 spiro atoms. The van der Waals surface area contributed by atoms with Gasteiger partial charge in [-0.15, -0.1) is 0 Å². The highest BCUT2D eigenvalue weighted by atomic mass is 35.5. The van der Waals surface area contributed by atoms with Crippen molar-refractivity contribution in [3.63, 3.8) is 0 Å². The number of nitrogens with zero attached hydrogens (tertiary/aromatic N) is 1. The summed E-state index contributed by atoms with van der Waals surface area (Å²) in [5, 5.41) is 11.4. The van der Waals surface area contributed by atoms with Gasteiger partial charge in [-0.3, -0.25) is 14.9 Å². The molecule has 82 valence electrons. The third-order valence-corrected chi connectivity index (χ3v) is 2.54. The normalized spacial score (nSPS) is 10.6. The van der Waals surface area contributed by atoms with E-state index in [0.717, 1.165) is 0 Å². The molecule has 5 nitrogen and oxygen atoms in total. The molecule has 16 heavy (non-hydrogen) atoms. The molecule has 0 aliphatic rings. The molecule has 0 radical (unpaired) electrons. The molecule has 2 aromatic rings. The van der Waals surface area contributed by atoms with Gasteiger partial charge in [0.2, 0.25) is 0 Å². The number of pyridine rings is 1. The predicted molar refractivity (Wildman–Crippen MR) is 61.0 cm³/mol. The van der Waals surface area contributed by atoms with Crippen LogP contribution in [0.3, 0.4) is 0 Å². The van der Waals surface area contributed by atoms with Crippen molar-refractivity contribution in [2.75, 3.05) is 0 Å². The highest BCUT2D eigenvalue weighted by Gasteiger charge is 2.19. The number of H-pyrrole nitrogens is 1. The van der Waals surface area contributed by atoms with Gasteiger partial charge in [0.15, 0.2) is 0 Å². The number of rotatable bonds is 1. The maximum atomic E-state index is 11.8. The van der Waals surface area contributed by atoms with E-state index in [0.29, 0.717) is 10.5 Å². The molecule has 0 saturated carbocycles. The summed E-state index contributed by atoms with van der Waals surface area (Å²) >= 11 is 5.77. The fraction of sp³-hybridized carbons (Fsp3) is 0.100. The van der Waals surface area contributed by atoms with E-state index < -0.39 is 16.0 Å². The lowest BCUT2D eigenvalue weighted by Crippen LogP contribution is -2.11. The summed E-state index contributed by atoms with van der Waals surface area (Å²) in [5.74, 6) is 0. The lowest BCUT2D eigenvalue weighted by atomic mass is 10.1. The molecule has 2 rings (SSSR count). The van der Waals surface area contributed by atoms with Gasteiger partial charge >= 0.3 is 5.69 Å². The molecule has 0 bridgehead atoms. The number of aromatic amines is 1. The van der Waals surface area contributed by atoms with Crippen LogP contribution in [0.4, 0.5) is 5.69 Å². The molecule has 0 saturated heterocycles. The van der Waals surface area contributed by atoms with Gasteiger partial charge in [0.05, 0.1) is 21.5 Å². The first-order chi connectivity index (χ1) is 7.50. The third-order valence-electron chi connectivity index (χ3n) is 2.30. The topological polar surface area (TPSA) is 76.0 Å².